The van der Waals surface area contributed by atoms with Crippen LogP contribution in [0.15, 0.2) is 22.7 Å². The van der Waals surface area contributed by atoms with Gasteiger partial charge in [0.05, 0.1) is 11.6 Å². The highest BCUT2D eigenvalue weighted by Crippen LogP contribution is 2.27. The third kappa shape index (κ3) is 4.08. The molecule has 0 radical (unpaired) electrons. The number of alkyl halides is 2. The van der Waals surface area contributed by atoms with Crippen LogP contribution in [0.2, 0.25) is 0 Å². The molecule has 1 aromatic rings. The van der Waals surface area contributed by atoms with Crippen LogP contribution in [0.3, 0.4) is 0 Å². The zero-order valence-electron chi connectivity index (χ0n) is 8.64. The summed E-state index contributed by atoms with van der Waals surface area (Å²) >= 11 is 10.7. The molecule has 0 spiro atoms. The topological polar surface area (TPSA) is 9.23 Å². The largest absolute Gasteiger partial charge is 0.496 e. The fourth-order valence-electron chi connectivity index (χ4n) is 1.22. The molecule has 0 bridgehead atoms. The zero-order valence-corrected chi connectivity index (χ0v) is 13.4. The smallest absolute Gasteiger partial charge is 0.133 e. The lowest BCUT2D eigenvalue weighted by molar-refractivity contribution is 0.412. The summed E-state index contributed by atoms with van der Waals surface area (Å²) in [4.78, 5) is 0.899. The van der Waals surface area contributed by atoms with Crippen molar-refractivity contribution in [1.29, 1.82) is 0 Å². The van der Waals surface area contributed by atoms with E-state index in [0.717, 1.165) is 16.6 Å². The minimum Gasteiger partial charge on any atom is -0.496 e. The fourth-order valence-corrected chi connectivity index (χ4v) is 2.37. The Balaban J connectivity index is 2.75. The van der Waals surface area contributed by atoms with Gasteiger partial charge in [-0.1, -0.05) is 44.8 Å². The first-order valence-corrected chi connectivity index (χ1v) is 7.27. The van der Waals surface area contributed by atoms with Gasteiger partial charge >= 0.3 is 0 Å². The van der Waals surface area contributed by atoms with Gasteiger partial charge in [-0.15, -0.1) is 0 Å². The molecule has 0 aliphatic heterocycles. The van der Waals surface area contributed by atoms with Crippen molar-refractivity contribution in [1.82, 2.24) is 0 Å². The van der Waals surface area contributed by atoms with Gasteiger partial charge in [-0.3, -0.25) is 0 Å². The molecule has 1 aromatic carbocycles. The van der Waals surface area contributed by atoms with Crippen LogP contribution in [-0.2, 0) is 6.42 Å². The maximum Gasteiger partial charge on any atom is 0.133 e. The van der Waals surface area contributed by atoms with Crippen molar-refractivity contribution in [2.75, 3.05) is 7.11 Å². The standard InChI is InChI=1S/C11H13Br3O/c1-7(12)9(13)5-8-3-4-11(15-2)10(14)6-8/h3-4,6-7,9H,5H2,1-2H3. The molecule has 4 heteroatoms. The SMILES string of the molecule is COc1ccc(CC(Br)C(C)Br)cc1Br. The molecule has 0 saturated carbocycles. The first kappa shape index (κ1) is 13.5. The highest BCUT2D eigenvalue weighted by Gasteiger charge is 2.12. The van der Waals surface area contributed by atoms with E-state index >= 15 is 0 Å². The van der Waals surface area contributed by atoms with E-state index in [0.29, 0.717) is 9.65 Å². The highest BCUT2D eigenvalue weighted by molar-refractivity contribution is 9.12. The second-order valence-corrected chi connectivity index (χ2v) is 6.84. The summed E-state index contributed by atoms with van der Waals surface area (Å²) in [5, 5.41) is 0. The van der Waals surface area contributed by atoms with Crippen LogP contribution in [0.5, 0.6) is 5.75 Å². The Labute approximate surface area is 116 Å². The van der Waals surface area contributed by atoms with Gasteiger partial charge in [0.15, 0.2) is 0 Å². The summed E-state index contributed by atoms with van der Waals surface area (Å²) in [5.41, 5.74) is 1.29. The van der Waals surface area contributed by atoms with E-state index in [9.17, 15) is 0 Å². The van der Waals surface area contributed by atoms with E-state index < -0.39 is 0 Å². The van der Waals surface area contributed by atoms with Crippen molar-refractivity contribution in [3.63, 3.8) is 0 Å². The summed E-state index contributed by atoms with van der Waals surface area (Å²) in [7, 11) is 1.67. The van der Waals surface area contributed by atoms with Crippen LogP contribution >= 0.6 is 47.8 Å². The number of ether oxygens (including phenoxy) is 1. The summed E-state index contributed by atoms with van der Waals surface area (Å²) in [6, 6.07) is 6.17. The molecular weight excluding hydrogens is 388 g/mol. The van der Waals surface area contributed by atoms with Crippen LogP contribution < -0.4 is 4.74 Å². The molecule has 0 saturated heterocycles. The van der Waals surface area contributed by atoms with Crippen LogP contribution in [0.4, 0.5) is 0 Å². The Morgan fingerprint density at radius 3 is 2.47 bits per heavy atom. The van der Waals surface area contributed by atoms with E-state index in [-0.39, 0.29) is 0 Å². The molecule has 84 valence electrons. The van der Waals surface area contributed by atoms with E-state index in [2.05, 4.69) is 66.8 Å². The molecule has 1 rings (SSSR count). The summed E-state index contributed by atoms with van der Waals surface area (Å²) in [6.45, 7) is 2.14. The monoisotopic (exact) mass is 398 g/mol. The lowest BCUT2D eigenvalue weighted by Gasteiger charge is -2.13. The van der Waals surface area contributed by atoms with Crippen molar-refractivity contribution in [3.05, 3.63) is 28.2 Å². The normalized spacial score (nSPS) is 14.7. The molecule has 1 nitrogen and oxygen atoms in total. The third-order valence-electron chi connectivity index (χ3n) is 2.15. The van der Waals surface area contributed by atoms with Crippen molar-refractivity contribution >= 4 is 47.8 Å². The zero-order chi connectivity index (χ0) is 11.4. The highest BCUT2D eigenvalue weighted by atomic mass is 79.9. The molecule has 0 fully saturated rings. The van der Waals surface area contributed by atoms with E-state index in [1.165, 1.54) is 5.56 Å². The van der Waals surface area contributed by atoms with Gasteiger partial charge in [-0.25, -0.2) is 0 Å². The average molecular weight is 401 g/mol. The van der Waals surface area contributed by atoms with Gasteiger partial charge in [0, 0.05) is 9.65 Å². The first-order chi connectivity index (χ1) is 7.04. The summed E-state index contributed by atoms with van der Waals surface area (Å²) < 4.78 is 6.19. The molecule has 2 unspecified atom stereocenters. The number of hydrogen-bond acceptors (Lipinski definition) is 1. The molecule has 0 aliphatic rings. The number of hydrogen-bond donors (Lipinski definition) is 0. The first-order valence-electron chi connectivity index (χ1n) is 4.65. The predicted octanol–water partition coefficient (Wildman–Crippen LogP) is 4.55. The van der Waals surface area contributed by atoms with Crippen molar-refractivity contribution < 1.29 is 4.74 Å². The minimum atomic E-state index is 0.442. The Kier molecular flexibility index (Phi) is 5.64. The van der Waals surface area contributed by atoms with Gasteiger partial charge in [-0.2, -0.15) is 0 Å². The lowest BCUT2D eigenvalue weighted by atomic mass is 10.1. The summed E-state index contributed by atoms with van der Waals surface area (Å²) in [6.07, 6.45) is 0.995. The van der Waals surface area contributed by atoms with Crippen LogP contribution in [0, 0.1) is 0 Å². The maximum absolute atomic E-state index is 5.18. The second kappa shape index (κ2) is 6.26. The Morgan fingerprint density at radius 1 is 1.33 bits per heavy atom. The fraction of sp³-hybridized carbons (Fsp3) is 0.455. The molecule has 0 amide bonds. The minimum absolute atomic E-state index is 0.442. The second-order valence-electron chi connectivity index (χ2n) is 3.37. The molecule has 0 aliphatic carbocycles. The van der Waals surface area contributed by atoms with E-state index in [4.69, 9.17) is 4.74 Å². The van der Waals surface area contributed by atoms with Crippen LogP contribution in [0.1, 0.15) is 12.5 Å². The van der Waals surface area contributed by atoms with Gasteiger partial charge in [0.25, 0.3) is 0 Å². The third-order valence-corrected chi connectivity index (χ3v) is 5.23. The Bertz CT molecular complexity index is 326. The van der Waals surface area contributed by atoms with Gasteiger partial charge in [-0.05, 0) is 40.0 Å². The molecular formula is C11H13Br3O. The number of methoxy groups -OCH3 is 1. The molecule has 0 heterocycles. The molecule has 15 heavy (non-hydrogen) atoms. The Hall–Kier alpha value is 0.460. The van der Waals surface area contributed by atoms with Crippen molar-refractivity contribution in [2.24, 2.45) is 0 Å². The predicted molar refractivity (Wildman–Crippen MR) is 75.5 cm³/mol. The Morgan fingerprint density at radius 2 is 2.00 bits per heavy atom. The van der Waals surface area contributed by atoms with Crippen molar-refractivity contribution in [2.45, 2.75) is 23.0 Å². The van der Waals surface area contributed by atoms with Crippen LogP contribution in [0.25, 0.3) is 0 Å². The summed E-state index contributed by atoms with van der Waals surface area (Å²) in [5.74, 6) is 0.872. The molecule has 0 aromatic heterocycles. The van der Waals surface area contributed by atoms with Gasteiger partial charge in [0.1, 0.15) is 5.75 Å². The number of rotatable bonds is 4. The number of halogens is 3. The average Bonchev–Trinajstić information content (AvgIpc) is 2.18. The molecule has 0 N–H and O–H groups in total. The molecule has 2 atom stereocenters. The van der Waals surface area contributed by atoms with E-state index in [1.807, 2.05) is 6.07 Å². The van der Waals surface area contributed by atoms with Gasteiger partial charge < -0.3 is 4.74 Å². The van der Waals surface area contributed by atoms with E-state index in [1.54, 1.807) is 7.11 Å². The quantitative estimate of drug-likeness (QED) is 0.674. The van der Waals surface area contributed by atoms with Crippen LogP contribution in [-0.4, -0.2) is 16.8 Å². The van der Waals surface area contributed by atoms with Gasteiger partial charge in [0.2, 0.25) is 0 Å². The lowest BCUT2D eigenvalue weighted by Crippen LogP contribution is -2.12. The number of benzene rings is 1. The maximum atomic E-state index is 5.18. The van der Waals surface area contributed by atoms with Crippen molar-refractivity contribution in [3.8, 4) is 5.75 Å².